The van der Waals surface area contributed by atoms with E-state index in [1.807, 2.05) is 6.07 Å². The van der Waals surface area contributed by atoms with Gasteiger partial charge in [0.1, 0.15) is 5.70 Å². The molecule has 6 nitrogen and oxygen atoms in total. The number of ether oxygens (including phenoxy) is 2. The summed E-state index contributed by atoms with van der Waals surface area (Å²) in [6.45, 7) is 0.171. The molecule has 2 heterocycles. The Labute approximate surface area is 185 Å². The van der Waals surface area contributed by atoms with Crippen molar-refractivity contribution in [1.82, 2.24) is 4.90 Å². The summed E-state index contributed by atoms with van der Waals surface area (Å²) in [5.74, 6) is 0.740. The molecule has 0 radical (unpaired) electrons. The molecule has 1 saturated carbocycles. The van der Waals surface area contributed by atoms with Gasteiger partial charge in [0.25, 0.3) is 11.8 Å². The van der Waals surface area contributed by atoms with E-state index in [1.54, 1.807) is 36.4 Å². The van der Waals surface area contributed by atoms with E-state index in [-0.39, 0.29) is 30.3 Å². The van der Waals surface area contributed by atoms with Gasteiger partial charge in [-0.1, -0.05) is 49.4 Å². The second kappa shape index (κ2) is 8.27. The van der Waals surface area contributed by atoms with E-state index in [4.69, 9.17) is 21.1 Å². The van der Waals surface area contributed by atoms with Gasteiger partial charge >= 0.3 is 0 Å². The zero-order valence-corrected chi connectivity index (χ0v) is 17.8. The Balaban J connectivity index is 1.53. The van der Waals surface area contributed by atoms with Crippen molar-refractivity contribution in [3.8, 4) is 11.5 Å². The van der Waals surface area contributed by atoms with Crippen molar-refractivity contribution in [3.63, 3.8) is 0 Å². The molecule has 0 spiro atoms. The van der Waals surface area contributed by atoms with E-state index >= 15 is 0 Å². The lowest BCUT2D eigenvalue weighted by atomic mass is 10.0. The minimum Gasteiger partial charge on any atom is -0.454 e. The Bertz CT molecular complexity index is 1060. The molecule has 5 rings (SSSR count). The summed E-state index contributed by atoms with van der Waals surface area (Å²) in [4.78, 5) is 28.5. The van der Waals surface area contributed by atoms with Gasteiger partial charge in [-0.3, -0.25) is 14.5 Å². The average Bonchev–Trinajstić information content (AvgIpc) is 3.20. The molecule has 2 aliphatic heterocycles. The minimum atomic E-state index is -0.278. The third-order valence-corrected chi connectivity index (χ3v) is 6.33. The van der Waals surface area contributed by atoms with Crippen LogP contribution in [0.1, 0.15) is 44.1 Å². The molecule has 0 aromatic heterocycles. The maximum absolute atomic E-state index is 13.5. The van der Waals surface area contributed by atoms with E-state index in [0.29, 0.717) is 33.3 Å². The van der Waals surface area contributed by atoms with E-state index in [2.05, 4.69) is 5.32 Å². The number of amides is 2. The second-order valence-corrected chi connectivity index (χ2v) is 8.51. The molecule has 1 fully saturated rings. The number of nitrogens with zero attached hydrogens (tertiary/aromatic N) is 1. The highest BCUT2D eigenvalue weighted by Gasteiger charge is 2.42. The first kappa shape index (κ1) is 19.9. The van der Waals surface area contributed by atoms with Gasteiger partial charge < -0.3 is 14.8 Å². The van der Waals surface area contributed by atoms with Crippen LogP contribution >= 0.6 is 11.6 Å². The van der Waals surface area contributed by atoms with Gasteiger partial charge in [-0.15, -0.1) is 0 Å². The van der Waals surface area contributed by atoms with Crippen LogP contribution in [0, 0.1) is 0 Å². The smallest absolute Gasteiger partial charge is 0.278 e. The van der Waals surface area contributed by atoms with Crippen LogP contribution in [0.25, 0.3) is 5.57 Å². The van der Waals surface area contributed by atoms with Crippen LogP contribution in [0.15, 0.2) is 48.2 Å². The lowest BCUT2D eigenvalue weighted by molar-refractivity contribution is -0.139. The standard InChI is InChI=1S/C24H23ClN2O4/c25-16-9-7-15(8-10-16)21-22(26-17-11-12-19-20(13-17)31-14-30-19)24(29)27(23(21)28)18-5-3-1-2-4-6-18/h7-13,18,26H,1-6,14H2. The molecule has 0 atom stereocenters. The SMILES string of the molecule is O=C1C(Nc2ccc3c(c2)OCO3)=C(c2ccc(Cl)cc2)C(=O)N1C1CCCCCC1. The van der Waals surface area contributed by atoms with Crippen molar-refractivity contribution in [3.05, 3.63) is 58.7 Å². The average molecular weight is 439 g/mol. The normalized spacial score (nSPS) is 19.2. The molecule has 0 unspecified atom stereocenters. The van der Waals surface area contributed by atoms with Gasteiger partial charge in [-0.05, 0) is 42.7 Å². The van der Waals surface area contributed by atoms with Gasteiger partial charge in [-0.25, -0.2) is 0 Å². The highest BCUT2D eigenvalue weighted by Crippen LogP contribution is 2.38. The van der Waals surface area contributed by atoms with Gasteiger partial charge in [0.2, 0.25) is 6.79 Å². The summed E-state index contributed by atoms with van der Waals surface area (Å²) < 4.78 is 10.8. The minimum absolute atomic E-state index is 0.0687. The first-order chi connectivity index (χ1) is 15.1. The predicted octanol–water partition coefficient (Wildman–Crippen LogP) is 4.98. The molecule has 0 saturated heterocycles. The molecular formula is C24H23ClN2O4. The third kappa shape index (κ3) is 3.76. The first-order valence-corrected chi connectivity index (χ1v) is 11.0. The van der Waals surface area contributed by atoms with Gasteiger partial charge in [0, 0.05) is 22.8 Å². The van der Waals surface area contributed by atoms with Gasteiger partial charge in [-0.2, -0.15) is 0 Å². The van der Waals surface area contributed by atoms with Crippen molar-refractivity contribution in [2.45, 2.75) is 44.6 Å². The zero-order valence-electron chi connectivity index (χ0n) is 17.0. The number of carbonyl (C=O) groups is 2. The van der Waals surface area contributed by atoms with Crippen LogP contribution in [-0.4, -0.2) is 29.5 Å². The van der Waals surface area contributed by atoms with Crippen molar-refractivity contribution >= 4 is 34.7 Å². The zero-order chi connectivity index (χ0) is 21.4. The molecular weight excluding hydrogens is 416 g/mol. The molecule has 3 aliphatic rings. The maximum atomic E-state index is 13.5. The van der Waals surface area contributed by atoms with Crippen molar-refractivity contribution < 1.29 is 19.1 Å². The number of carbonyl (C=O) groups excluding carboxylic acids is 2. The highest BCUT2D eigenvalue weighted by atomic mass is 35.5. The quantitative estimate of drug-likeness (QED) is 0.538. The summed E-state index contributed by atoms with van der Waals surface area (Å²) in [7, 11) is 0. The van der Waals surface area contributed by atoms with Crippen molar-refractivity contribution in [2.75, 3.05) is 12.1 Å². The molecule has 2 aromatic carbocycles. The summed E-state index contributed by atoms with van der Waals surface area (Å²) >= 11 is 6.05. The number of nitrogens with one attached hydrogen (secondary N) is 1. The Morgan fingerprint density at radius 3 is 2.32 bits per heavy atom. The number of hydrogen-bond acceptors (Lipinski definition) is 5. The van der Waals surface area contributed by atoms with Crippen LogP contribution in [0.3, 0.4) is 0 Å². The predicted molar refractivity (Wildman–Crippen MR) is 118 cm³/mol. The Morgan fingerprint density at radius 1 is 0.871 bits per heavy atom. The molecule has 7 heteroatoms. The van der Waals surface area contributed by atoms with Gasteiger partial charge in [0.05, 0.1) is 5.57 Å². The Morgan fingerprint density at radius 2 is 1.58 bits per heavy atom. The summed E-state index contributed by atoms with van der Waals surface area (Å²) in [5, 5.41) is 3.77. The fourth-order valence-electron chi connectivity index (χ4n) is 4.51. The highest BCUT2D eigenvalue weighted by molar-refractivity contribution is 6.37. The number of imide groups is 1. The Hall–Kier alpha value is -2.99. The van der Waals surface area contributed by atoms with Crippen molar-refractivity contribution in [2.24, 2.45) is 0 Å². The molecule has 0 bridgehead atoms. The number of fused-ring (bicyclic) bond motifs is 1. The van der Waals surface area contributed by atoms with Gasteiger partial charge in [0.15, 0.2) is 11.5 Å². The van der Waals surface area contributed by atoms with Crippen LogP contribution in [0.4, 0.5) is 5.69 Å². The number of hydrogen-bond donors (Lipinski definition) is 1. The maximum Gasteiger partial charge on any atom is 0.278 e. The van der Waals surface area contributed by atoms with E-state index in [0.717, 1.165) is 38.5 Å². The lowest BCUT2D eigenvalue weighted by Crippen LogP contribution is -2.41. The topological polar surface area (TPSA) is 67.9 Å². The monoisotopic (exact) mass is 438 g/mol. The number of benzene rings is 2. The second-order valence-electron chi connectivity index (χ2n) is 8.08. The summed E-state index contributed by atoms with van der Waals surface area (Å²) in [6, 6.07) is 12.3. The molecule has 1 aliphatic carbocycles. The van der Waals surface area contributed by atoms with E-state index in [9.17, 15) is 9.59 Å². The molecule has 31 heavy (non-hydrogen) atoms. The van der Waals surface area contributed by atoms with Crippen LogP contribution in [0.5, 0.6) is 11.5 Å². The summed E-state index contributed by atoms with van der Waals surface area (Å²) in [6.07, 6.45) is 6.05. The fraction of sp³-hybridized carbons (Fsp3) is 0.333. The van der Waals surface area contributed by atoms with Crippen LogP contribution in [0.2, 0.25) is 5.02 Å². The number of rotatable bonds is 4. The molecule has 2 amide bonds. The number of halogens is 1. The third-order valence-electron chi connectivity index (χ3n) is 6.08. The van der Waals surface area contributed by atoms with E-state index in [1.165, 1.54) is 4.90 Å². The molecule has 2 aromatic rings. The number of anilines is 1. The summed E-state index contributed by atoms with van der Waals surface area (Å²) in [5.41, 5.74) is 2.00. The largest absolute Gasteiger partial charge is 0.454 e. The Kier molecular flexibility index (Phi) is 5.32. The van der Waals surface area contributed by atoms with Crippen LogP contribution in [-0.2, 0) is 9.59 Å². The first-order valence-electron chi connectivity index (χ1n) is 10.7. The van der Waals surface area contributed by atoms with Crippen molar-refractivity contribution in [1.29, 1.82) is 0 Å². The molecule has 1 N–H and O–H groups in total. The van der Waals surface area contributed by atoms with E-state index < -0.39 is 0 Å². The lowest BCUT2D eigenvalue weighted by Gasteiger charge is -2.25. The molecule has 160 valence electrons. The fourth-order valence-corrected chi connectivity index (χ4v) is 4.64. The van der Waals surface area contributed by atoms with Crippen LogP contribution < -0.4 is 14.8 Å².